The molecule has 2 aromatic carbocycles. The molecular weight excluding hydrogens is 636 g/mol. The van der Waals surface area contributed by atoms with Crippen molar-refractivity contribution in [2.45, 2.75) is 31.3 Å². The highest BCUT2D eigenvalue weighted by molar-refractivity contribution is 14.1. The summed E-state index contributed by atoms with van der Waals surface area (Å²) in [6.45, 7) is 4.10. The van der Waals surface area contributed by atoms with Crippen LogP contribution >= 0.6 is 45.2 Å². The van der Waals surface area contributed by atoms with Crippen molar-refractivity contribution in [3.8, 4) is 5.75 Å². The molecule has 2 aliphatic rings. The number of carbonyl (C=O) groups is 2. The van der Waals surface area contributed by atoms with E-state index >= 15 is 0 Å². The maximum Gasteiger partial charge on any atom is 0.326 e. The number of carboxylic acids is 1. The van der Waals surface area contributed by atoms with Gasteiger partial charge in [0.25, 0.3) is 5.91 Å². The van der Waals surface area contributed by atoms with Crippen LogP contribution in [-0.4, -0.2) is 65.3 Å². The molecule has 1 saturated heterocycles. The highest BCUT2D eigenvalue weighted by Crippen LogP contribution is 2.29. The molecule has 9 heteroatoms. The summed E-state index contributed by atoms with van der Waals surface area (Å²) in [7, 11) is 0. The van der Waals surface area contributed by atoms with E-state index in [9.17, 15) is 19.8 Å². The number of aliphatic carboxylic acids is 1. The van der Waals surface area contributed by atoms with E-state index in [0.717, 1.165) is 43.5 Å². The van der Waals surface area contributed by atoms with Crippen LogP contribution in [0.3, 0.4) is 0 Å². The minimum absolute atomic E-state index is 0.136. The zero-order valence-corrected chi connectivity index (χ0v) is 21.7. The van der Waals surface area contributed by atoms with Crippen molar-refractivity contribution in [3.63, 3.8) is 0 Å². The molecule has 1 atom stereocenters. The number of anilines is 1. The molecule has 0 spiro atoms. The summed E-state index contributed by atoms with van der Waals surface area (Å²) in [4.78, 5) is 29.4. The Kier molecular flexibility index (Phi) is 7.45. The molecule has 0 aromatic heterocycles. The Bertz CT molecular complexity index is 980. The van der Waals surface area contributed by atoms with Gasteiger partial charge in [-0.3, -0.25) is 9.69 Å². The van der Waals surface area contributed by atoms with Crippen molar-refractivity contribution in [2.24, 2.45) is 0 Å². The Morgan fingerprint density at radius 3 is 2.16 bits per heavy atom. The standard InChI is InChI=1S/C23H25I2N3O4/c24-18-11-14(12-19(25)21(18)29)13-20(23(31)32)26-22(30)15-1-3-16(4-2-15)27-7-9-28(10-8-27)17-5-6-17/h1-4,11-12,17,20,29H,5-10,13H2,(H,26,30)(H,31,32). The minimum atomic E-state index is -1.10. The van der Waals surface area contributed by atoms with Crippen LogP contribution in [0.4, 0.5) is 5.69 Å². The predicted octanol–water partition coefficient (Wildman–Crippen LogP) is 3.31. The quantitative estimate of drug-likeness (QED) is 0.395. The van der Waals surface area contributed by atoms with E-state index < -0.39 is 17.9 Å². The van der Waals surface area contributed by atoms with Crippen molar-refractivity contribution in [2.75, 3.05) is 31.1 Å². The lowest BCUT2D eigenvalue weighted by Gasteiger charge is -2.36. The second kappa shape index (κ2) is 10.1. The Hall–Kier alpha value is -1.60. The molecule has 32 heavy (non-hydrogen) atoms. The van der Waals surface area contributed by atoms with E-state index in [0.29, 0.717) is 12.7 Å². The van der Waals surface area contributed by atoms with Crippen molar-refractivity contribution in [1.29, 1.82) is 0 Å². The molecule has 1 heterocycles. The second-order valence-corrected chi connectivity index (χ2v) is 10.6. The van der Waals surface area contributed by atoms with Crippen molar-refractivity contribution in [1.82, 2.24) is 10.2 Å². The summed E-state index contributed by atoms with van der Waals surface area (Å²) in [5.41, 5.74) is 2.26. The Balaban J connectivity index is 1.37. The molecule has 1 aliphatic carbocycles. The first-order valence-corrected chi connectivity index (χ1v) is 12.8. The molecule has 0 radical (unpaired) electrons. The summed E-state index contributed by atoms with van der Waals surface area (Å²) in [6.07, 6.45) is 2.79. The molecule has 1 aliphatic heterocycles. The number of aromatic hydroxyl groups is 1. The van der Waals surface area contributed by atoms with E-state index in [1.165, 1.54) is 12.8 Å². The number of phenols is 1. The van der Waals surface area contributed by atoms with Gasteiger partial charge in [-0.05, 0) is 100.0 Å². The molecular formula is C23H25I2N3O4. The third-order valence-electron chi connectivity index (χ3n) is 5.99. The number of carboxylic acid groups (broad SMARTS) is 1. The summed E-state index contributed by atoms with van der Waals surface area (Å²) in [5.74, 6) is -1.33. The third-order valence-corrected chi connectivity index (χ3v) is 7.64. The van der Waals surface area contributed by atoms with Gasteiger partial charge in [-0.2, -0.15) is 0 Å². The van der Waals surface area contributed by atoms with E-state index in [1.54, 1.807) is 24.3 Å². The van der Waals surface area contributed by atoms with Crippen LogP contribution < -0.4 is 10.2 Å². The number of phenolic OH excluding ortho intramolecular Hbond substituents is 1. The fraction of sp³-hybridized carbons (Fsp3) is 0.391. The molecule has 1 unspecified atom stereocenters. The van der Waals surface area contributed by atoms with Gasteiger partial charge < -0.3 is 20.4 Å². The molecule has 170 valence electrons. The molecule has 2 fully saturated rings. The van der Waals surface area contributed by atoms with Crippen LogP contribution in [-0.2, 0) is 11.2 Å². The molecule has 4 rings (SSSR count). The number of carbonyl (C=O) groups excluding carboxylic acids is 1. The fourth-order valence-corrected chi connectivity index (χ4v) is 5.92. The average molecular weight is 661 g/mol. The first kappa shape index (κ1) is 23.6. The number of piperazine rings is 1. The number of hydrogen-bond acceptors (Lipinski definition) is 5. The normalized spacial score (nSPS) is 17.8. The number of amides is 1. The summed E-state index contributed by atoms with van der Waals surface area (Å²) in [5, 5.41) is 22.2. The predicted molar refractivity (Wildman–Crippen MR) is 139 cm³/mol. The lowest BCUT2D eigenvalue weighted by atomic mass is 10.0. The maximum absolute atomic E-state index is 12.7. The Labute approximate surface area is 214 Å². The first-order chi connectivity index (χ1) is 15.3. The van der Waals surface area contributed by atoms with Crippen molar-refractivity contribution >= 4 is 62.7 Å². The van der Waals surface area contributed by atoms with Gasteiger partial charge in [0.05, 0.1) is 7.14 Å². The minimum Gasteiger partial charge on any atom is -0.506 e. The van der Waals surface area contributed by atoms with Gasteiger partial charge in [0.2, 0.25) is 0 Å². The molecule has 3 N–H and O–H groups in total. The molecule has 1 saturated carbocycles. The maximum atomic E-state index is 12.7. The highest BCUT2D eigenvalue weighted by Gasteiger charge is 2.31. The zero-order valence-electron chi connectivity index (χ0n) is 17.4. The SMILES string of the molecule is O=C(NC(Cc1cc(I)c(O)c(I)c1)C(=O)O)c1ccc(N2CCN(C3CC3)CC2)cc1. The Morgan fingerprint density at radius 1 is 1.03 bits per heavy atom. The van der Waals surface area contributed by atoms with Crippen LogP contribution in [0, 0.1) is 7.14 Å². The first-order valence-electron chi connectivity index (χ1n) is 10.6. The van der Waals surface area contributed by atoms with Crippen LogP contribution in [0.2, 0.25) is 0 Å². The zero-order chi connectivity index (χ0) is 22.8. The monoisotopic (exact) mass is 661 g/mol. The third kappa shape index (κ3) is 5.66. The van der Waals surface area contributed by atoms with Crippen LogP contribution in [0.25, 0.3) is 0 Å². The van der Waals surface area contributed by atoms with Crippen molar-refractivity contribution < 1.29 is 19.8 Å². The van der Waals surface area contributed by atoms with Gasteiger partial charge in [0.15, 0.2) is 0 Å². The second-order valence-electron chi connectivity index (χ2n) is 8.28. The average Bonchev–Trinajstić information content (AvgIpc) is 3.62. The van der Waals surface area contributed by atoms with E-state index in [1.807, 2.05) is 57.3 Å². The van der Waals surface area contributed by atoms with Crippen LogP contribution in [0.1, 0.15) is 28.8 Å². The largest absolute Gasteiger partial charge is 0.506 e. The topological polar surface area (TPSA) is 93.1 Å². The number of halogens is 2. The number of rotatable bonds is 7. The van der Waals surface area contributed by atoms with Gasteiger partial charge in [-0.25, -0.2) is 4.79 Å². The van der Waals surface area contributed by atoms with Gasteiger partial charge in [-0.15, -0.1) is 0 Å². The van der Waals surface area contributed by atoms with E-state index in [-0.39, 0.29) is 12.2 Å². The smallest absolute Gasteiger partial charge is 0.326 e. The van der Waals surface area contributed by atoms with Crippen LogP contribution in [0.5, 0.6) is 5.75 Å². The van der Waals surface area contributed by atoms with Crippen LogP contribution in [0.15, 0.2) is 36.4 Å². The molecule has 7 nitrogen and oxygen atoms in total. The number of nitrogens with one attached hydrogen (secondary N) is 1. The summed E-state index contributed by atoms with van der Waals surface area (Å²) >= 11 is 4.01. The van der Waals surface area contributed by atoms with E-state index in [2.05, 4.69) is 15.1 Å². The highest BCUT2D eigenvalue weighted by atomic mass is 127. The van der Waals surface area contributed by atoms with Gasteiger partial charge in [0, 0.05) is 49.9 Å². The molecule has 2 aromatic rings. The van der Waals surface area contributed by atoms with Crippen molar-refractivity contribution in [3.05, 3.63) is 54.7 Å². The molecule has 0 bridgehead atoms. The summed E-state index contributed by atoms with van der Waals surface area (Å²) in [6, 6.07) is 10.6. The van der Waals surface area contributed by atoms with Gasteiger partial charge >= 0.3 is 5.97 Å². The number of hydrogen-bond donors (Lipinski definition) is 3. The lowest BCUT2D eigenvalue weighted by Crippen LogP contribution is -2.47. The molecule has 1 amide bonds. The van der Waals surface area contributed by atoms with Gasteiger partial charge in [-0.1, -0.05) is 0 Å². The van der Waals surface area contributed by atoms with Gasteiger partial charge in [0.1, 0.15) is 11.8 Å². The lowest BCUT2D eigenvalue weighted by molar-refractivity contribution is -0.139. The Morgan fingerprint density at radius 2 is 1.62 bits per heavy atom. The summed E-state index contributed by atoms with van der Waals surface area (Å²) < 4.78 is 1.29. The number of benzene rings is 2. The number of nitrogens with zero attached hydrogens (tertiary/aromatic N) is 2. The fourth-order valence-electron chi connectivity index (χ4n) is 4.02. The van der Waals surface area contributed by atoms with E-state index in [4.69, 9.17) is 0 Å².